The summed E-state index contributed by atoms with van der Waals surface area (Å²) in [6, 6.07) is 17.9. The number of carbonyl (C=O) groups is 3. The molecule has 0 spiro atoms. The second-order valence-corrected chi connectivity index (χ2v) is 13.8. The van der Waals surface area contributed by atoms with Crippen molar-refractivity contribution in [1.82, 2.24) is 15.6 Å². The summed E-state index contributed by atoms with van der Waals surface area (Å²) in [6.07, 6.45) is 1.80. The van der Waals surface area contributed by atoms with E-state index < -0.39 is 33.3 Å². The van der Waals surface area contributed by atoms with E-state index in [2.05, 4.69) is 20.9 Å². The average molecular weight is 619 g/mol. The number of sulfone groups is 1. The van der Waals surface area contributed by atoms with E-state index in [1.165, 1.54) is 41.7 Å². The minimum atomic E-state index is -3.96. The van der Waals surface area contributed by atoms with E-state index in [0.29, 0.717) is 13.0 Å². The first-order valence-electron chi connectivity index (χ1n) is 13.5. The average Bonchev–Trinajstić information content (AvgIpc) is 3.41. The van der Waals surface area contributed by atoms with Crippen LogP contribution >= 0.6 is 11.3 Å². The first-order chi connectivity index (χ1) is 20.4. The van der Waals surface area contributed by atoms with Gasteiger partial charge in [0.25, 0.3) is 11.8 Å². The Labute approximate surface area is 253 Å². The second kappa shape index (κ2) is 12.0. The molecule has 4 aromatic rings. The maximum absolute atomic E-state index is 13.2. The summed E-state index contributed by atoms with van der Waals surface area (Å²) in [5, 5.41) is 9.01. The van der Waals surface area contributed by atoms with Crippen LogP contribution in [0.3, 0.4) is 0 Å². The number of rotatable bonds is 7. The van der Waals surface area contributed by atoms with Crippen LogP contribution in [0.1, 0.15) is 51.9 Å². The molecule has 12 heteroatoms. The van der Waals surface area contributed by atoms with Gasteiger partial charge in [-0.25, -0.2) is 18.2 Å². The van der Waals surface area contributed by atoms with Gasteiger partial charge in [-0.2, -0.15) is 0 Å². The number of nitrogens with one attached hydrogen (secondary N) is 3. The van der Waals surface area contributed by atoms with Crippen LogP contribution in [0.4, 0.5) is 10.5 Å². The highest BCUT2D eigenvalue weighted by molar-refractivity contribution is 7.91. The number of alkyl carbamates (subject to hydrolysis) is 1. The molecule has 2 heterocycles. The minimum absolute atomic E-state index is 0.0478. The van der Waals surface area contributed by atoms with Gasteiger partial charge in [0.15, 0.2) is 0 Å². The molecule has 3 aromatic carbocycles. The van der Waals surface area contributed by atoms with Gasteiger partial charge in [-0.15, -0.1) is 11.3 Å². The zero-order valence-electron chi connectivity index (χ0n) is 23.8. The molecule has 1 aromatic heterocycles. The molecule has 3 N–H and O–H groups in total. The summed E-state index contributed by atoms with van der Waals surface area (Å²) in [6.45, 7) is 6.03. The lowest BCUT2D eigenvalue weighted by molar-refractivity contribution is 0.0528. The predicted octanol–water partition coefficient (Wildman–Crippen LogP) is 5.21. The smallest absolute Gasteiger partial charge is 0.407 e. The number of anilines is 1. The van der Waals surface area contributed by atoms with Gasteiger partial charge in [0, 0.05) is 28.7 Å². The van der Waals surface area contributed by atoms with Crippen LogP contribution in [-0.4, -0.2) is 43.5 Å². The molecular formula is C31H30N4O6S2. The number of nitrogens with zero attached hydrogens (tertiary/aromatic N) is 1. The molecule has 0 unspecified atom stereocenters. The van der Waals surface area contributed by atoms with Gasteiger partial charge in [-0.1, -0.05) is 36.4 Å². The van der Waals surface area contributed by atoms with Crippen molar-refractivity contribution in [1.29, 1.82) is 0 Å². The molecule has 0 saturated carbocycles. The Hall–Kier alpha value is -4.55. The monoisotopic (exact) mass is 618 g/mol. The quantitative estimate of drug-likeness (QED) is 0.258. The van der Waals surface area contributed by atoms with Crippen LogP contribution in [0, 0.1) is 0 Å². The fourth-order valence-corrected chi connectivity index (χ4v) is 7.05. The van der Waals surface area contributed by atoms with Crippen LogP contribution in [0.15, 0.2) is 82.7 Å². The van der Waals surface area contributed by atoms with Crippen LogP contribution in [-0.2, 0) is 27.5 Å². The maximum atomic E-state index is 13.2. The Morgan fingerprint density at radius 1 is 0.953 bits per heavy atom. The largest absolute Gasteiger partial charge is 0.444 e. The summed E-state index contributed by atoms with van der Waals surface area (Å²) in [7, 11) is -3.96. The van der Waals surface area contributed by atoms with Crippen molar-refractivity contribution in [2.75, 3.05) is 11.9 Å². The number of benzene rings is 3. The molecule has 222 valence electrons. The first-order valence-corrected chi connectivity index (χ1v) is 15.8. The molecule has 5 rings (SSSR count). The summed E-state index contributed by atoms with van der Waals surface area (Å²) < 4.78 is 31.7. The number of ether oxygens (including phenoxy) is 1. The van der Waals surface area contributed by atoms with E-state index in [1.807, 2.05) is 45.0 Å². The third-order valence-electron chi connectivity index (χ3n) is 6.49. The maximum Gasteiger partial charge on any atom is 0.407 e. The van der Waals surface area contributed by atoms with Crippen LogP contribution in [0.2, 0.25) is 0 Å². The third kappa shape index (κ3) is 6.76. The van der Waals surface area contributed by atoms with E-state index in [1.54, 1.807) is 18.3 Å². The van der Waals surface area contributed by atoms with E-state index >= 15 is 0 Å². The SMILES string of the molecule is CC(C)(C)OC(=O)NCCc1ccccc1-c1ncc(CNC(=O)c2ccc3c(c2)NC(=O)c2ccccc2S3(=O)=O)s1. The van der Waals surface area contributed by atoms with Crippen molar-refractivity contribution in [2.24, 2.45) is 0 Å². The van der Waals surface area contributed by atoms with Crippen molar-refractivity contribution in [3.63, 3.8) is 0 Å². The molecular weight excluding hydrogens is 588 g/mol. The van der Waals surface area contributed by atoms with Gasteiger partial charge in [0.2, 0.25) is 9.84 Å². The van der Waals surface area contributed by atoms with E-state index in [4.69, 9.17) is 4.74 Å². The number of aromatic nitrogens is 1. The lowest BCUT2D eigenvalue weighted by Gasteiger charge is -2.19. The van der Waals surface area contributed by atoms with Gasteiger partial charge in [0.05, 0.1) is 27.6 Å². The van der Waals surface area contributed by atoms with Gasteiger partial charge in [-0.05, 0) is 63.1 Å². The lowest BCUT2D eigenvalue weighted by atomic mass is 10.1. The molecule has 10 nitrogen and oxygen atoms in total. The van der Waals surface area contributed by atoms with Crippen molar-refractivity contribution in [3.05, 3.63) is 94.5 Å². The Morgan fingerprint density at radius 2 is 1.67 bits per heavy atom. The summed E-state index contributed by atoms with van der Waals surface area (Å²) in [5.74, 6) is -0.992. The van der Waals surface area contributed by atoms with E-state index in [9.17, 15) is 22.8 Å². The second-order valence-electron chi connectivity index (χ2n) is 10.8. The van der Waals surface area contributed by atoms with Gasteiger partial charge >= 0.3 is 6.09 Å². The molecule has 0 radical (unpaired) electrons. The molecule has 0 bridgehead atoms. The Morgan fingerprint density at radius 3 is 2.44 bits per heavy atom. The van der Waals surface area contributed by atoms with Gasteiger partial charge in [-0.3, -0.25) is 9.59 Å². The zero-order valence-corrected chi connectivity index (χ0v) is 25.4. The van der Waals surface area contributed by atoms with E-state index in [-0.39, 0.29) is 33.2 Å². The molecule has 0 aliphatic carbocycles. The Kier molecular flexibility index (Phi) is 8.34. The van der Waals surface area contributed by atoms with Crippen molar-refractivity contribution in [2.45, 2.75) is 49.1 Å². The Balaban J connectivity index is 1.25. The fraction of sp³-hybridized carbons (Fsp3) is 0.226. The number of hydrogen-bond acceptors (Lipinski definition) is 8. The highest BCUT2D eigenvalue weighted by Gasteiger charge is 2.31. The normalized spacial score (nSPS) is 13.6. The van der Waals surface area contributed by atoms with Crippen molar-refractivity contribution < 1.29 is 27.5 Å². The van der Waals surface area contributed by atoms with Crippen molar-refractivity contribution >= 4 is 44.8 Å². The number of fused-ring (bicyclic) bond motifs is 2. The number of carbonyl (C=O) groups excluding carboxylic acids is 3. The summed E-state index contributed by atoms with van der Waals surface area (Å²) >= 11 is 1.43. The van der Waals surface area contributed by atoms with Crippen molar-refractivity contribution in [3.8, 4) is 10.6 Å². The standard InChI is InChI=1S/C31H30N4O6S2/c1-31(2,3)41-30(38)32-15-14-19-8-4-5-9-22(19)29-34-18-21(42-29)17-33-27(36)20-12-13-26-24(16-20)35-28(37)23-10-6-7-11-25(23)43(26,39)40/h4-13,16,18H,14-15,17H2,1-3H3,(H,32,38)(H,33,36)(H,35,37). The lowest BCUT2D eigenvalue weighted by Crippen LogP contribution is -2.33. The molecule has 43 heavy (non-hydrogen) atoms. The first kappa shape index (κ1) is 29.9. The third-order valence-corrected chi connectivity index (χ3v) is 9.39. The molecule has 1 aliphatic heterocycles. The van der Waals surface area contributed by atoms with Crippen LogP contribution in [0.5, 0.6) is 0 Å². The number of hydrogen-bond donors (Lipinski definition) is 3. The minimum Gasteiger partial charge on any atom is -0.444 e. The van der Waals surface area contributed by atoms with Gasteiger partial charge in [0.1, 0.15) is 10.6 Å². The predicted molar refractivity (Wildman–Crippen MR) is 163 cm³/mol. The number of thiazole rings is 1. The highest BCUT2D eigenvalue weighted by atomic mass is 32.2. The summed E-state index contributed by atoms with van der Waals surface area (Å²) in [5.41, 5.74) is 1.66. The molecule has 3 amide bonds. The van der Waals surface area contributed by atoms with Gasteiger partial charge < -0.3 is 20.7 Å². The topological polar surface area (TPSA) is 144 Å². The van der Waals surface area contributed by atoms with Crippen LogP contribution < -0.4 is 16.0 Å². The molecule has 0 fully saturated rings. The molecule has 0 saturated heterocycles. The fourth-order valence-electron chi connectivity index (χ4n) is 4.54. The zero-order chi connectivity index (χ0) is 30.8. The molecule has 1 aliphatic rings. The summed E-state index contributed by atoms with van der Waals surface area (Å²) in [4.78, 5) is 42.9. The molecule has 0 atom stereocenters. The van der Waals surface area contributed by atoms with E-state index in [0.717, 1.165) is 21.0 Å². The van der Waals surface area contributed by atoms with Crippen LogP contribution in [0.25, 0.3) is 10.6 Å². The number of amides is 3. The Bertz CT molecular complexity index is 1830. The highest BCUT2D eigenvalue weighted by Crippen LogP contribution is 2.34.